The fraction of sp³-hybridized carbons (Fsp3) is 0.250. The van der Waals surface area contributed by atoms with Gasteiger partial charge in [0.1, 0.15) is 11.5 Å². The van der Waals surface area contributed by atoms with Crippen molar-refractivity contribution in [3.63, 3.8) is 0 Å². The van der Waals surface area contributed by atoms with Crippen LogP contribution in [0.3, 0.4) is 0 Å². The molecule has 1 atom stereocenters. The summed E-state index contributed by atoms with van der Waals surface area (Å²) in [5.74, 6) is 1.50. The van der Waals surface area contributed by atoms with Gasteiger partial charge in [-0.1, -0.05) is 12.1 Å². The number of hydrogen-bond acceptors (Lipinski definition) is 6. The fourth-order valence-electron chi connectivity index (χ4n) is 4.29. The minimum absolute atomic E-state index is 0.00357. The highest BCUT2D eigenvalue weighted by Crippen LogP contribution is 2.24. The molecular weight excluding hydrogens is 440 g/mol. The highest BCUT2D eigenvalue weighted by atomic mass is 16.5. The minimum atomic E-state index is -0.561. The summed E-state index contributed by atoms with van der Waals surface area (Å²) in [5.41, 5.74) is 4.61. The highest BCUT2D eigenvalue weighted by Gasteiger charge is 2.26. The molecule has 3 aromatic carbocycles. The molecule has 0 spiro atoms. The molecule has 4 aromatic rings. The van der Waals surface area contributed by atoms with Crippen LogP contribution in [0.15, 0.2) is 79.0 Å². The van der Waals surface area contributed by atoms with Crippen LogP contribution < -0.4 is 14.4 Å². The highest BCUT2D eigenvalue weighted by molar-refractivity contribution is 5.81. The van der Waals surface area contributed by atoms with Gasteiger partial charge in [-0.15, -0.1) is 0 Å². The van der Waals surface area contributed by atoms with Gasteiger partial charge in [0.2, 0.25) is 0 Å². The van der Waals surface area contributed by atoms with E-state index < -0.39 is 6.10 Å². The van der Waals surface area contributed by atoms with Gasteiger partial charge >= 0.3 is 0 Å². The largest absolute Gasteiger partial charge is 0.497 e. The molecule has 5 rings (SSSR count). The van der Waals surface area contributed by atoms with Gasteiger partial charge in [0.15, 0.2) is 6.10 Å². The summed E-state index contributed by atoms with van der Waals surface area (Å²) < 4.78 is 11.2. The average Bonchev–Trinajstić information content (AvgIpc) is 2.93. The van der Waals surface area contributed by atoms with E-state index in [1.165, 1.54) is 0 Å². The predicted molar refractivity (Wildman–Crippen MR) is 137 cm³/mol. The number of benzene rings is 3. The molecule has 0 radical (unpaired) electrons. The predicted octanol–water partition coefficient (Wildman–Crippen LogP) is 4.42. The molecule has 35 heavy (non-hydrogen) atoms. The summed E-state index contributed by atoms with van der Waals surface area (Å²) in [6.07, 6.45) is 1.21. The molecule has 178 valence electrons. The van der Waals surface area contributed by atoms with E-state index in [1.807, 2.05) is 65.6 Å². The van der Waals surface area contributed by atoms with E-state index in [9.17, 15) is 4.79 Å². The maximum atomic E-state index is 13.0. The molecule has 1 aliphatic rings. The van der Waals surface area contributed by atoms with Crippen LogP contribution in [0.1, 0.15) is 6.92 Å². The van der Waals surface area contributed by atoms with Crippen LogP contribution in [0.25, 0.3) is 22.3 Å². The first-order chi connectivity index (χ1) is 17.1. The Morgan fingerprint density at radius 3 is 2.20 bits per heavy atom. The van der Waals surface area contributed by atoms with Gasteiger partial charge in [0.25, 0.3) is 5.91 Å². The van der Waals surface area contributed by atoms with Crippen LogP contribution >= 0.6 is 0 Å². The fourth-order valence-corrected chi connectivity index (χ4v) is 4.29. The monoisotopic (exact) mass is 468 g/mol. The van der Waals surface area contributed by atoms with Gasteiger partial charge in [0.05, 0.1) is 30.0 Å². The number of aromatic nitrogens is 2. The zero-order valence-electron chi connectivity index (χ0n) is 19.9. The van der Waals surface area contributed by atoms with Gasteiger partial charge in [0, 0.05) is 37.4 Å². The Morgan fingerprint density at radius 1 is 0.857 bits per heavy atom. The number of para-hydroxylation sites is 2. The first kappa shape index (κ1) is 22.7. The van der Waals surface area contributed by atoms with Gasteiger partial charge in [-0.25, -0.2) is 4.98 Å². The Labute approximate surface area is 204 Å². The van der Waals surface area contributed by atoms with E-state index in [0.29, 0.717) is 18.8 Å². The zero-order valence-corrected chi connectivity index (χ0v) is 19.9. The summed E-state index contributed by atoms with van der Waals surface area (Å²) in [6.45, 7) is 4.70. The molecule has 7 heteroatoms. The quantitative estimate of drug-likeness (QED) is 0.417. The third kappa shape index (κ3) is 5.04. The Morgan fingerprint density at radius 2 is 1.51 bits per heavy atom. The Bertz CT molecular complexity index is 1300. The summed E-state index contributed by atoms with van der Waals surface area (Å²) in [6, 6.07) is 23.5. The summed E-state index contributed by atoms with van der Waals surface area (Å²) in [4.78, 5) is 26.3. The van der Waals surface area contributed by atoms with Crippen LogP contribution in [0.2, 0.25) is 0 Å². The number of carbonyl (C=O) groups excluding carboxylic acids is 1. The lowest BCUT2D eigenvalue weighted by Gasteiger charge is -2.37. The molecular formula is C28H28N4O3. The molecule has 1 saturated heterocycles. The van der Waals surface area contributed by atoms with Crippen molar-refractivity contribution >= 4 is 22.6 Å². The van der Waals surface area contributed by atoms with E-state index in [0.717, 1.165) is 46.8 Å². The first-order valence-electron chi connectivity index (χ1n) is 11.8. The standard InChI is InChI=1S/C28H28N4O3/c1-20(28(33)32-17-15-31(16-18-32)22-9-13-23(34-2)14-10-22)35-24-11-7-21(8-12-24)27-19-29-25-5-3-4-6-26(25)30-27/h3-14,19-20H,15-18H2,1-2H3/t20-/m0/s1. The van der Waals surface area contributed by atoms with Crippen molar-refractivity contribution < 1.29 is 14.3 Å². The van der Waals surface area contributed by atoms with Crippen molar-refractivity contribution in [1.29, 1.82) is 0 Å². The topological polar surface area (TPSA) is 67.8 Å². The van der Waals surface area contributed by atoms with Crippen LogP contribution in [0.4, 0.5) is 5.69 Å². The van der Waals surface area contributed by atoms with Gasteiger partial charge in [-0.3, -0.25) is 9.78 Å². The molecule has 2 heterocycles. The number of rotatable bonds is 6. The van der Waals surface area contributed by atoms with E-state index in [-0.39, 0.29) is 5.91 Å². The number of amides is 1. The normalized spacial score (nSPS) is 14.6. The molecule has 1 amide bonds. The second-order valence-corrected chi connectivity index (χ2v) is 8.54. The Kier molecular flexibility index (Phi) is 6.48. The maximum absolute atomic E-state index is 13.0. The molecule has 1 aromatic heterocycles. The Hall–Kier alpha value is -4.13. The lowest BCUT2D eigenvalue weighted by Crippen LogP contribution is -2.52. The third-order valence-corrected chi connectivity index (χ3v) is 6.29. The summed E-state index contributed by atoms with van der Waals surface area (Å²) in [7, 11) is 1.66. The lowest BCUT2D eigenvalue weighted by atomic mass is 10.1. The molecule has 0 unspecified atom stereocenters. The van der Waals surface area contributed by atoms with Crippen LogP contribution in [-0.4, -0.2) is 60.2 Å². The second kappa shape index (κ2) is 10.0. The molecule has 0 saturated carbocycles. The SMILES string of the molecule is COc1ccc(N2CCN(C(=O)[C@H](C)Oc3ccc(-c4cnc5ccccc5n4)cc3)CC2)cc1. The van der Waals surface area contributed by atoms with Crippen LogP contribution in [0, 0.1) is 0 Å². The molecule has 0 N–H and O–H groups in total. The number of anilines is 1. The van der Waals surface area contributed by atoms with E-state index in [4.69, 9.17) is 9.47 Å². The minimum Gasteiger partial charge on any atom is -0.497 e. The van der Waals surface area contributed by atoms with Crippen molar-refractivity contribution in [3.8, 4) is 22.8 Å². The third-order valence-electron chi connectivity index (χ3n) is 6.29. The Balaban J connectivity index is 1.17. The second-order valence-electron chi connectivity index (χ2n) is 8.54. The average molecular weight is 469 g/mol. The van der Waals surface area contributed by atoms with E-state index >= 15 is 0 Å². The number of carbonyl (C=O) groups is 1. The summed E-state index contributed by atoms with van der Waals surface area (Å²) in [5, 5.41) is 0. The molecule has 7 nitrogen and oxygen atoms in total. The van der Waals surface area contributed by atoms with Crippen molar-refractivity contribution in [2.24, 2.45) is 0 Å². The number of fused-ring (bicyclic) bond motifs is 1. The van der Waals surface area contributed by atoms with Crippen molar-refractivity contribution in [3.05, 3.63) is 79.0 Å². The molecule has 0 aliphatic carbocycles. The number of ether oxygens (including phenoxy) is 2. The van der Waals surface area contributed by atoms with Gasteiger partial charge in [-0.2, -0.15) is 0 Å². The molecule has 1 aliphatic heterocycles. The number of piperazine rings is 1. The van der Waals surface area contributed by atoms with Crippen LogP contribution in [0.5, 0.6) is 11.5 Å². The number of nitrogens with zero attached hydrogens (tertiary/aromatic N) is 4. The molecule has 0 bridgehead atoms. The van der Waals surface area contributed by atoms with Crippen molar-refractivity contribution in [2.75, 3.05) is 38.2 Å². The maximum Gasteiger partial charge on any atom is 0.263 e. The van der Waals surface area contributed by atoms with Gasteiger partial charge < -0.3 is 19.3 Å². The lowest BCUT2D eigenvalue weighted by molar-refractivity contribution is -0.138. The van der Waals surface area contributed by atoms with E-state index in [2.05, 4.69) is 27.0 Å². The van der Waals surface area contributed by atoms with Crippen molar-refractivity contribution in [1.82, 2.24) is 14.9 Å². The smallest absolute Gasteiger partial charge is 0.263 e. The van der Waals surface area contributed by atoms with Crippen molar-refractivity contribution in [2.45, 2.75) is 13.0 Å². The summed E-state index contributed by atoms with van der Waals surface area (Å²) >= 11 is 0. The number of methoxy groups -OCH3 is 1. The first-order valence-corrected chi connectivity index (χ1v) is 11.8. The van der Waals surface area contributed by atoms with Gasteiger partial charge in [-0.05, 0) is 67.6 Å². The van der Waals surface area contributed by atoms with E-state index in [1.54, 1.807) is 20.2 Å². The van der Waals surface area contributed by atoms with Crippen LogP contribution in [-0.2, 0) is 4.79 Å². The molecule has 1 fully saturated rings. The number of hydrogen-bond donors (Lipinski definition) is 0. The zero-order chi connectivity index (χ0) is 24.2.